The monoisotopic (exact) mass is 332 g/mol. The van der Waals surface area contributed by atoms with Crippen molar-refractivity contribution in [2.24, 2.45) is 5.92 Å². The Kier molecular flexibility index (Phi) is 13.4. The SMILES string of the molecule is CCCCOC(C)COC(C)COC(C)COC(=O)CC(C)C. The van der Waals surface area contributed by atoms with Crippen LogP contribution in [0.4, 0.5) is 0 Å². The van der Waals surface area contributed by atoms with Gasteiger partial charge in [-0.2, -0.15) is 0 Å². The van der Waals surface area contributed by atoms with Gasteiger partial charge in [0, 0.05) is 13.0 Å². The van der Waals surface area contributed by atoms with Gasteiger partial charge in [-0.25, -0.2) is 0 Å². The lowest BCUT2D eigenvalue weighted by Crippen LogP contribution is -2.27. The van der Waals surface area contributed by atoms with Gasteiger partial charge in [0.05, 0.1) is 31.5 Å². The van der Waals surface area contributed by atoms with Crippen molar-refractivity contribution in [2.75, 3.05) is 26.4 Å². The second-order valence-electron chi connectivity index (χ2n) is 6.60. The molecule has 5 nitrogen and oxygen atoms in total. The van der Waals surface area contributed by atoms with Crippen molar-refractivity contribution in [3.63, 3.8) is 0 Å². The maximum Gasteiger partial charge on any atom is 0.306 e. The highest BCUT2D eigenvalue weighted by Crippen LogP contribution is 2.04. The van der Waals surface area contributed by atoms with Crippen LogP contribution in [-0.2, 0) is 23.7 Å². The van der Waals surface area contributed by atoms with E-state index in [0.29, 0.717) is 25.6 Å². The highest BCUT2D eigenvalue weighted by atomic mass is 16.6. The number of ether oxygens (including phenoxy) is 4. The minimum absolute atomic E-state index is 0.0129. The van der Waals surface area contributed by atoms with E-state index in [4.69, 9.17) is 18.9 Å². The third kappa shape index (κ3) is 14.7. The molecule has 0 amide bonds. The van der Waals surface area contributed by atoms with Crippen molar-refractivity contribution in [1.29, 1.82) is 0 Å². The fourth-order valence-corrected chi connectivity index (χ4v) is 1.78. The zero-order valence-electron chi connectivity index (χ0n) is 15.8. The van der Waals surface area contributed by atoms with E-state index in [-0.39, 0.29) is 30.9 Å². The number of carbonyl (C=O) groups is 1. The van der Waals surface area contributed by atoms with Gasteiger partial charge in [0.15, 0.2) is 0 Å². The molecule has 0 aliphatic rings. The van der Waals surface area contributed by atoms with E-state index in [1.807, 2.05) is 34.6 Å². The van der Waals surface area contributed by atoms with Crippen LogP contribution in [0.2, 0.25) is 0 Å². The van der Waals surface area contributed by atoms with Crippen LogP contribution >= 0.6 is 0 Å². The molecule has 5 heteroatoms. The minimum Gasteiger partial charge on any atom is -0.463 e. The normalized spacial score (nSPS) is 15.4. The van der Waals surface area contributed by atoms with E-state index in [1.165, 1.54) is 0 Å². The van der Waals surface area contributed by atoms with E-state index in [1.54, 1.807) is 0 Å². The van der Waals surface area contributed by atoms with E-state index in [0.717, 1.165) is 19.4 Å². The van der Waals surface area contributed by atoms with Crippen LogP contribution in [0.5, 0.6) is 0 Å². The Morgan fingerprint density at radius 1 is 0.826 bits per heavy atom. The van der Waals surface area contributed by atoms with Crippen LogP contribution in [0, 0.1) is 5.92 Å². The number of esters is 1. The molecule has 0 aliphatic carbocycles. The Hall–Kier alpha value is -0.650. The van der Waals surface area contributed by atoms with Crippen molar-refractivity contribution in [3.8, 4) is 0 Å². The zero-order valence-corrected chi connectivity index (χ0v) is 15.8. The van der Waals surface area contributed by atoms with Crippen molar-refractivity contribution in [1.82, 2.24) is 0 Å². The first kappa shape index (κ1) is 22.4. The Bertz CT molecular complexity index is 293. The van der Waals surface area contributed by atoms with Gasteiger partial charge in [-0.05, 0) is 33.1 Å². The summed E-state index contributed by atoms with van der Waals surface area (Å²) < 4.78 is 22.2. The zero-order chi connectivity index (χ0) is 17.7. The Labute approximate surface area is 142 Å². The molecule has 0 heterocycles. The van der Waals surface area contributed by atoms with Crippen LogP contribution in [0.1, 0.15) is 60.8 Å². The fraction of sp³-hybridized carbons (Fsp3) is 0.944. The number of hydrogen-bond acceptors (Lipinski definition) is 5. The molecular weight excluding hydrogens is 296 g/mol. The Balaban J connectivity index is 3.67. The minimum atomic E-state index is -0.169. The second kappa shape index (κ2) is 13.8. The summed E-state index contributed by atoms with van der Waals surface area (Å²) in [5, 5.41) is 0. The summed E-state index contributed by atoms with van der Waals surface area (Å²) in [6.45, 7) is 14.1. The molecule has 23 heavy (non-hydrogen) atoms. The topological polar surface area (TPSA) is 54.0 Å². The van der Waals surface area contributed by atoms with Gasteiger partial charge in [0.1, 0.15) is 6.61 Å². The predicted molar refractivity (Wildman–Crippen MR) is 91.6 cm³/mol. The van der Waals surface area contributed by atoms with Gasteiger partial charge >= 0.3 is 5.97 Å². The summed E-state index contributed by atoms with van der Waals surface area (Å²) in [5.41, 5.74) is 0. The molecule has 0 bridgehead atoms. The highest BCUT2D eigenvalue weighted by molar-refractivity contribution is 5.69. The Morgan fingerprint density at radius 2 is 1.35 bits per heavy atom. The van der Waals surface area contributed by atoms with Gasteiger partial charge in [0.25, 0.3) is 0 Å². The number of carbonyl (C=O) groups excluding carboxylic acids is 1. The van der Waals surface area contributed by atoms with Crippen molar-refractivity contribution in [2.45, 2.75) is 79.1 Å². The van der Waals surface area contributed by atoms with Gasteiger partial charge in [-0.3, -0.25) is 4.79 Å². The molecule has 3 unspecified atom stereocenters. The molecular formula is C18H36O5. The summed E-state index contributed by atoms with van der Waals surface area (Å²) in [6, 6.07) is 0. The van der Waals surface area contributed by atoms with Gasteiger partial charge in [-0.15, -0.1) is 0 Å². The highest BCUT2D eigenvalue weighted by Gasteiger charge is 2.12. The number of hydrogen-bond donors (Lipinski definition) is 0. The Morgan fingerprint density at radius 3 is 1.87 bits per heavy atom. The summed E-state index contributed by atoms with van der Waals surface area (Å²) in [7, 11) is 0. The van der Waals surface area contributed by atoms with Gasteiger partial charge < -0.3 is 18.9 Å². The smallest absolute Gasteiger partial charge is 0.306 e. The van der Waals surface area contributed by atoms with Crippen LogP contribution in [0.25, 0.3) is 0 Å². The van der Waals surface area contributed by atoms with Crippen LogP contribution in [0.3, 0.4) is 0 Å². The lowest BCUT2D eigenvalue weighted by Gasteiger charge is -2.20. The standard InChI is InChI=1S/C18H36O5/c1-7-8-9-20-15(4)11-21-16(5)12-22-17(6)13-23-18(19)10-14(2)3/h14-17H,7-13H2,1-6H3. The average Bonchev–Trinajstić information content (AvgIpc) is 2.48. The molecule has 0 aromatic heterocycles. The lowest BCUT2D eigenvalue weighted by molar-refractivity contribution is -0.149. The summed E-state index contributed by atoms with van der Waals surface area (Å²) >= 11 is 0. The first-order chi connectivity index (χ1) is 10.8. The molecule has 0 aromatic rings. The molecule has 0 fully saturated rings. The molecule has 0 rings (SSSR count). The molecule has 3 atom stereocenters. The van der Waals surface area contributed by atoms with Gasteiger partial charge in [-0.1, -0.05) is 27.2 Å². The average molecular weight is 332 g/mol. The first-order valence-corrected chi connectivity index (χ1v) is 8.85. The summed E-state index contributed by atoms with van der Waals surface area (Å²) in [4.78, 5) is 11.5. The quantitative estimate of drug-likeness (QED) is 0.359. The van der Waals surface area contributed by atoms with Crippen LogP contribution in [-0.4, -0.2) is 50.7 Å². The predicted octanol–water partition coefficient (Wildman–Crippen LogP) is 3.59. The third-order valence-corrected chi connectivity index (χ3v) is 3.19. The molecule has 0 saturated carbocycles. The number of unbranched alkanes of at least 4 members (excludes halogenated alkanes) is 1. The van der Waals surface area contributed by atoms with E-state index >= 15 is 0 Å². The second-order valence-corrected chi connectivity index (χ2v) is 6.60. The lowest BCUT2D eigenvalue weighted by atomic mass is 10.1. The van der Waals surface area contributed by atoms with Crippen molar-refractivity contribution in [3.05, 3.63) is 0 Å². The maximum atomic E-state index is 11.5. The van der Waals surface area contributed by atoms with Crippen LogP contribution in [0.15, 0.2) is 0 Å². The fourth-order valence-electron chi connectivity index (χ4n) is 1.78. The summed E-state index contributed by atoms with van der Waals surface area (Å²) in [6.07, 6.45) is 2.62. The van der Waals surface area contributed by atoms with E-state index in [9.17, 15) is 4.79 Å². The molecule has 0 aromatic carbocycles. The molecule has 0 spiro atoms. The molecule has 0 aliphatic heterocycles. The number of rotatable bonds is 14. The van der Waals surface area contributed by atoms with Crippen LogP contribution < -0.4 is 0 Å². The van der Waals surface area contributed by atoms with Crippen molar-refractivity contribution >= 4 is 5.97 Å². The largest absolute Gasteiger partial charge is 0.463 e. The molecule has 0 radical (unpaired) electrons. The molecule has 0 saturated heterocycles. The van der Waals surface area contributed by atoms with E-state index in [2.05, 4.69) is 6.92 Å². The van der Waals surface area contributed by atoms with Crippen molar-refractivity contribution < 1.29 is 23.7 Å². The van der Waals surface area contributed by atoms with E-state index < -0.39 is 0 Å². The summed E-state index contributed by atoms with van der Waals surface area (Å²) in [5.74, 6) is 0.145. The molecule has 0 N–H and O–H groups in total. The first-order valence-electron chi connectivity index (χ1n) is 8.85. The van der Waals surface area contributed by atoms with Gasteiger partial charge in [0.2, 0.25) is 0 Å². The third-order valence-electron chi connectivity index (χ3n) is 3.19. The molecule has 138 valence electrons. The maximum absolute atomic E-state index is 11.5.